The van der Waals surface area contributed by atoms with E-state index >= 15 is 0 Å². The fraction of sp³-hybridized carbons (Fsp3) is 0.400. The van der Waals surface area contributed by atoms with Gasteiger partial charge < -0.3 is 15.5 Å². The highest BCUT2D eigenvalue weighted by Crippen LogP contribution is 2.36. The van der Waals surface area contributed by atoms with Gasteiger partial charge in [-0.15, -0.1) is 0 Å². The Morgan fingerprint density at radius 3 is 2.00 bits per heavy atom. The normalized spacial score (nSPS) is 16.5. The second-order valence-corrected chi connectivity index (χ2v) is 3.43. The third-order valence-electron chi connectivity index (χ3n) is 2.75. The summed E-state index contributed by atoms with van der Waals surface area (Å²) >= 11 is 0. The molecule has 13 heavy (non-hydrogen) atoms. The highest BCUT2D eigenvalue weighted by Gasteiger charge is 2.28. The average molecular weight is 177 g/mol. The zero-order valence-corrected chi connectivity index (χ0v) is 8.07. The molecule has 0 bridgehead atoms. The predicted molar refractivity (Wildman–Crippen MR) is 56.1 cm³/mol. The van der Waals surface area contributed by atoms with Crippen molar-refractivity contribution in [1.82, 2.24) is 0 Å². The third kappa shape index (κ3) is 1.08. The van der Waals surface area contributed by atoms with E-state index in [9.17, 15) is 0 Å². The van der Waals surface area contributed by atoms with Crippen molar-refractivity contribution in [1.29, 1.82) is 0 Å². The van der Waals surface area contributed by atoms with Crippen molar-refractivity contribution in [3.8, 4) is 0 Å². The number of nitrogens with zero attached hydrogens (tertiary/aromatic N) is 2. The number of para-hydroxylation sites is 2. The number of hydrogen-bond donors (Lipinski definition) is 1. The van der Waals surface area contributed by atoms with Crippen molar-refractivity contribution in [2.24, 2.45) is 5.73 Å². The summed E-state index contributed by atoms with van der Waals surface area (Å²) in [5.41, 5.74) is 8.24. The molecule has 1 aliphatic heterocycles. The monoisotopic (exact) mass is 177 g/mol. The van der Waals surface area contributed by atoms with Crippen molar-refractivity contribution < 1.29 is 0 Å². The first-order valence-electron chi connectivity index (χ1n) is 4.50. The van der Waals surface area contributed by atoms with Gasteiger partial charge >= 0.3 is 0 Å². The van der Waals surface area contributed by atoms with Gasteiger partial charge in [0.25, 0.3) is 0 Å². The van der Waals surface area contributed by atoms with Gasteiger partial charge in [0.1, 0.15) is 6.17 Å². The van der Waals surface area contributed by atoms with E-state index in [1.165, 1.54) is 11.4 Å². The van der Waals surface area contributed by atoms with E-state index in [0.717, 1.165) is 0 Å². The van der Waals surface area contributed by atoms with Crippen LogP contribution in [0.5, 0.6) is 0 Å². The number of rotatable bonds is 1. The molecule has 1 aromatic carbocycles. The van der Waals surface area contributed by atoms with Crippen LogP contribution in [0.15, 0.2) is 24.3 Å². The number of likely N-dealkylation sites (N-methyl/N-ethyl adjacent to an activating group) is 2. The fourth-order valence-corrected chi connectivity index (χ4v) is 1.96. The van der Waals surface area contributed by atoms with Gasteiger partial charge in [0.05, 0.1) is 11.4 Å². The molecular formula is C10H15N3. The smallest absolute Gasteiger partial charge is 0.114 e. The van der Waals surface area contributed by atoms with E-state index in [1.54, 1.807) is 0 Å². The molecule has 3 heteroatoms. The Morgan fingerprint density at radius 2 is 1.62 bits per heavy atom. The molecule has 0 saturated carbocycles. The lowest BCUT2D eigenvalue weighted by Gasteiger charge is -2.26. The van der Waals surface area contributed by atoms with Crippen molar-refractivity contribution in [2.45, 2.75) is 6.17 Å². The van der Waals surface area contributed by atoms with E-state index in [-0.39, 0.29) is 0 Å². The maximum Gasteiger partial charge on any atom is 0.114 e. The van der Waals surface area contributed by atoms with E-state index in [2.05, 4.69) is 48.2 Å². The molecular weight excluding hydrogens is 162 g/mol. The van der Waals surface area contributed by atoms with Gasteiger partial charge in [0.2, 0.25) is 0 Å². The molecule has 0 aliphatic carbocycles. The molecule has 1 heterocycles. The molecule has 0 spiro atoms. The summed E-state index contributed by atoms with van der Waals surface area (Å²) in [4.78, 5) is 4.44. The first-order valence-corrected chi connectivity index (χ1v) is 4.50. The van der Waals surface area contributed by atoms with Gasteiger partial charge in [0.15, 0.2) is 0 Å². The maximum atomic E-state index is 5.71. The molecule has 2 rings (SSSR count). The Morgan fingerprint density at radius 1 is 1.15 bits per heavy atom. The van der Waals surface area contributed by atoms with Crippen LogP contribution in [0.1, 0.15) is 0 Å². The summed E-state index contributed by atoms with van der Waals surface area (Å²) in [6.07, 6.45) is 0.303. The molecule has 0 atom stereocenters. The van der Waals surface area contributed by atoms with Crippen LogP contribution in [0.25, 0.3) is 0 Å². The number of anilines is 2. The first-order chi connectivity index (χ1) is 6.25. The molecule has 0 radical (unpaired) electrons. The van der Waals surface area contributed by atoms with Crippen LogP contribution in [-0.4, -0.2) is 26.8 Å². The minimum Gasteiger partial charge on any atom is -0.352 e. The van der Waals surface area contributed by atoms with Crippen LogP contribution in [0.2, 0.25) is 0 Å². The third-order valence-corrected chi connectivity index (χ3v) is 2.75. The van der Waals surface area contributed by atoms with Gasteiger partial charge in [-0.05, 0) is 12.1 Å². The molecule has 0 unspecified atom stereocenters. The summed E-state index contributed by atoms with van der Waals surface area (Å²) in [5.74, 6) is 0. The summed E-state index contributed by atoms with van der Waals surface area (Å²) in [5, 5.41) is 0. The standard InChI is InChI=1S/C10H15N3/c1-12-8-5-3-4-6-9(8)13(2)10(12)7-11/h3-6,10H,7,11H2,1-2H3. The van der Waals surface area contributed by atoms with Crippen LogP contribution < -0.4 is 15.5 Å². The summed E-state index contributed by atoms with van der Waals surface area (Å²) in [6, 6.07) is 8.37. The molecule has 0 amide bonds. The second-order valence-electron chi connectivity index (χ2n) is 3.43. The van der Waals surface area contributed by atoms with Gasteiger partial charge in [-0.1, -0.05) is 12.1 Å². The second kappa shape index (κ2) is 2.92. The molecule has 0 saturated heterocycles. The van der Waals surface area contributed by atoms with Crippen LogP contribution >= 0.6 is 0 Å². The molecule has 0 aromatic heterocycles. The molecule has 70 valence electrons. The highest BCUT2D eigenvalue weighted by atomic mass is 15.4. The van der Waals surface area contributed by atoms with E-state index in [1.807, 2.05) is 0 Å². The van der Waals surface area contributed by atoms with Crippen LogP contribution in [0, 0.1) is 0 Å². The minimum atomic E-state index is 0.303. The summed E-state index contributed by atoms with van der Waals surface area (Å²) in [7, 11) is 4.17. The largest absolute Gasteiger partial charge is 0.352 e. The lowest BCUT2D eigenvalue weighted by molar-refractivity contribution is 0.658. The van der Waals surface area contributed by atoms with Crippen molar-refractivity contribution in [3.05, 3.63) is 24.3 Å². The summed E-state index contributed by atoms with van der Waals surface area (Å²) < 4.78 is 0. The topological polar surface area (TPSA) is 32.5 Å². The Balaban J connectivity index is 2.44. The highest BCUT2D eigenvalue weighted by molar-refractivity contribution is 5.76. The molecule has 0 fully saturated rings. The average Bonchev–Trinajstić information content (AvgIpc) is 2.41. The van der Waals surface area contributed by atoms with Crippen molar-refractivity contribution in [2.75, 3.05) is 30.4 Å². The first kappa shape index (κ1) is 8.38. The van der Waals surface area contributed by atoms with E-state index in [4.69, 9.17) is 5.73 Å². The number of hydrogen-bond acceptors (Lipinski definition) is 3. The lowest BCUT2D eigenvalue weighted by atomic mass is 10.3. The number of benzene rings is 1. The van der Waals surface area contributed by atoms with E-state index in [0.29, 0.717) is 12.7 Å². The Bertz CT molecular complexity index is 282. The minimum absolute atomic E-state index is 0.303. The van der Waals surface area contributed by atoms with Gasteiger partial charge in [-0.25, -0.2) is 0 Å². The van der Waals surface area contributed by atoms with Crippen LogP contribution in [0.3, 0.4) is 0 Å². The predicted octanol–water partition coefficient (Wildman–Crippen LogP) is 0.857. The van der Waals surface area contributed by atoms with Crippen LogP contribution in [-0.2, 0) is 0 Å². The zero-order valence-electron chi connectivity index (χ0n) is 8.07. The summed E-state index contributed by atoms with van der Waals surface area (Å²) in [6.45, 7) is 0.654. The maximum absolute atomic E-state index is 5.71. The lowest BCUT2D eigenvalue weighted by Crippen LogP contribution is -2.44. The van der Waals surface area contributed by atoms with Gasteiger partial charge in [-0.2, -0.15) is 0 Å². The fourth-order valence-electron chi connectivity index (χ4n) is 1.96. The Hall–Kier alpha value is -1.22. The number of nitrogens with two attached hydrogens (primary N) is 1. The van der Waals surface area contributed by atoms with Gasteiger partial charge in [-0.3, -0.25) is 0 Å². The zero-order chi connectivity index (χ0) is 9.42. The Kier molecular flexibility index (Phi) is 1.88. The molecule has 3 nitrogen and oxygen atoms in total. The molecule has 2 N–H and O–H groups in total. The molecule has 1 aliphatic rings. The van der Waals surface area contributed by atoms with Crippen molar-refractivity contribution >= 4 is 11.4 Å². The van der Waals surface area contributed by atoms with E-state index < -0.39 is 0 Å². The quantitative estimate of drug-likeness (QED) is 0.690. The van der Waals surface area contributed by atoms with Crippen LogP contribution in [0.4, 0.5) is 11.4 Å². The van der Waals surface area contributed by atoms with Crippen molar-refractivity contribution in [3.63, 3.8) is 0 Å². The SMILES string of the molecule is CN1c2ccccc2N(C)C1CN. The van der Waals surface area contributed by atoms with Gasteiger partial charge in [0, 0.05) is 20.6 Å². The number of fused-ring (bicyclic) bond motifs is 1. The molecule has 1 aromatic rings. The Labute approximate surface area is 78.7 Å².